The average molecular weight is 371 g/mol. The standard InChI is InChI=1S/C19H21N3O3S/c1-2-3-12-21-26(23,24)17-11-7-10-16(13-17)22-19-20-14-18(25-19)15-8-5-4-6-9-15/h4-11,13-14,21H,2-3,12H2,1H3,(H,20,22). The van der Waals surface area contributed by atoms with E-state index < -0.39 is 10.0 Å². The second-order valence-corrected chi connectivity index (χ2v) is 7.57. The highest BCUT2D eigenvalue weighted by atomic mass is 32.2. The Hall–Kier alpha value is -2.64. The lowest BCUT2D eigenvalue weighted by Gasteiger charge is -2.08. The first-order valence-corrected chi connectivity index (χ1v) is 9.95. The quantitative estimate of drug-likeness (QED) is 0.581. The topological polar surface area (TPSA) is 84.2 Å². The highest BCUT2D eigenvalue weighted by Gasteiger charge is 2.14. The summed E-state index contributed by atoms with van der Waals surface area (Å²) in [5.41, 5.74) is 1.51. The van der Waals surface area contributed by atoms with E-state index >= 15 is 0 Å². The minimum atomic E-state index is -3.53. The maximum Gasteiger partial charge on any atom is 0.299 e. The molecule has 3 aromatic rings. The van der Waals surface area contributed by atoms with E-state index in [9.17, 15) is 8.42 Å². The van der Waals surface area contributed by atoms with Crippen molar-refractivity contribution in [1.29, 1.82) is 0 Å². The van der Waals surface area contributed by atoms with Gasteiger partial charge in [-0.3, -0.25) is 0 Å². The second-order valence-electron chi connectivity index (χ2n) is 5.80. The number of hydrogen-bond acceptors (Lipinski definition) is 5. The molecule has 2 N–H and O–H groups in total. The molecule has 26 heavy (non-hydrogen) atoms. The largest absolute Gasteiger partial charge is 0.423 e. The van der Waals surface area contributed by atoms with Crippen LogP contribution in [0.4, 0.5) is 11.7 Å². The van der Waals surface area contributed by atoms with Crippen LogP contribution in [0.25, 0.3) is 11.3 Å². The maximum absolute atomic E-state index is 12.3. The minimum absolute atomic E-state index is 0.202. The van der Waals surface area contributed by atoms with Crippen molar-refractivity contribution in [2.45, 2.75) is 24.7 Å². The monoisotopic (exact) mass is 371 g/mol. The van der Waals surface area contributed by atoms with Crippen molar-refractivity contribution >= 4 is 21.7 Å². The Morgan fingerprint density at radius 3 is 2.65 bits per heavy atom. The van der Waals surface area contributed by atoms with Gasteiger partial charge in [0.15, 0.2) is 5.76 Å². The fourth-order valence-corrected chi connectivity index (χ4v) is 3.52. The summed E-state index contributed by atoms with van der Waals surface area (Å²) in [5.74, 6) is 0.637. The van der Waals surface area contributed by atoms with E-state index in [4.69, 9.17) is 4.42 Å². The third-order valence-corrected chi connectivity index (χ3v) is 5.24. The van der Waals surface area contributed by atoms with Crippen LogP contribution in [0.1, 0.15) is 19.8 Å². The summed E-state index contributed by atoms with van der Waals surface area (Å²) in [5, 5.41) is 3.00. The highest BCUT2D eigenvalue weighted by Crippen LogP contribution is 2.25. The zero-order valence-electron chi connectivity index (χ0n) is 14.5. The molecule has 0 saturated carbocycles. The first-order valence-electron chi connectivity index (χ1n) is 8.46. The average Bonchev–Trinajstić information content (AvgIpc) is 3.11. The van der Waals surface area contributed by atoms with Gasteiger partial charge in [0.1, 0.15) is 0 Å². The Labute approximate surface area is 153 Å². The van der Waals surface area contributed by atoms with Gasteiger partial charge in [0.2, 0.25) is 10.0 Å². The van der Waals surface area contributed by atoms with Crippen molar-refractivity contribution in [2.24, 2.45) is 0 Å². The fourth-order valence-electron chi connectivity index (χ4n) is 2.40. The van der Waals surface area contributed by atoms with E-state index in [0.717, 1.165) is 18.4 Å². The van der Waals surface area contributed by atoms with Gasteiger partial charge >= 0.3 is 0 Å². The van der Waals surface area contributed by atoms with Gasteiger partial charge in [-0.25, -0.2) is 18.1 Å². The second kappa shape index (κ2) is 8.16. The van der Waals surface area contributed by atoms with Gasteiger partial charge in [-0.15, -0.1) is 0 Å². The van der Waals surface area contributed by atoms with Crippen molar-refractivity contribution in [3.05, 3.63) is 60.8 Å². The smallest absolute Gasteiger partial charge is 0.299 e. The van der Waals surface area contributed by atoms with E-state index in [1.54, 1.807) is 30.5 Å². The molecule has 3 rings (SSSR count). The third kappa shape index (κ3) is 4.50. The molecule has 0 bridgehead atoms. The summed E-state index contributed by atoms with van der Waals surface area (Å²) >= 11 is 0. The lowest BCUT2D eigenvalue weighted by Crippen LogP contribution is -2.24. The van der Waals surface area contributed by atoms with Crippen molar-refractivity contribution in [2.75, 3.05) is 11.9 Å². The fraction of sp³-hybridized carbons (Fsp3) is 0.211. The molecule has 0 unspecified atom stereocenters. The van der Waals surface area contributed by atoms with Crippen LogP contribution in [0.3, 0.4) is 0 Å². The van der Waals surface area contributed by atoms with E-state index in [1.807, 2.05) is 37.3 Å². The van der Waals surface area contributed by atoms with Crippen LogP contribution in [0.2, 0.25) is 0 Å². The van der Waals surface area contributed by atoms with Crippen LogP contribution in [-0.4, -0.2) is 19.9 Å². The van der Waals surface area contributed by atoms with Crippen LogP contribution >= 0.6 is 0 Å². The van der Waals surface area contributed by atoms with E-state index in [1.165, 1.54) is 0 Å². The predicted octanol–water partition coefficient (Wildman–Crippen LogP) is 4.16. The Morgan fingerprint density at radius 2 is 1.88 bits per heavy atom. The molecule has 0 fully saturated rings. The van der Waals surface area contributed by atoms with Crippen LogP contribution < -0.4 is 10.0 Å². The summed E-state index contributed by atoms with van der Waals surface area (Å²) < 4.78 is 32.9. The minimum Gasteiger partial charge on any atom is -0.423 e. The molecule has 0 aliphatic carbocycles. The summed E-state index contributed by atoms with van der Waals surface area (Å²) in [6.07, 6.45) is 3.36. The molecular weight excluding hydrogens is 350 g/mol. The zero-order valence-corrected chi connectivity index (χ0v) is 15.3. The van der Waals surface area contributed by atoms with Crippen LogP contribution in [0.15, 0.2) is 70.1 Å². The first-order chi connectivity index (χ1) is 12.6. The van der Waals surface area contributed by atoms with E-state index in [2.05, 4.69) is 15.0 Å². The highest BCUT2D eigenvalue weighted by molar-refractivity contribution is 7.89. The molecule has 6 nitrogen and oxygen atoms in total. The Balaban J connectivity index is 1.74. The number of oxazole rings is 1. The number of unbranched alkanes of at least 4 members (excludes halogenated alkanes) is 1. The van der Waals surface area contributed by atoms with Crippen molar-refractivity contribution < 1.29 is 12.8 Å². The van der Waals surface area contributed by atoms with E-state index in [-0.39, 0.29) is 4.90 Å². The van der Waals surface area contributed by atoms with E-state index in [0.29, 0.717) is 24.0 Å². The molecule has 7 heteroatoms. The lowest BCUT2D eigenvalue weighted by atomic mass is 10.2. The zero-order chi connectivity index (χ0) is 18.4. The number of rotatable bonds is 8. The molecule has 1 heterocycles. The van der Waals surface area contributed by atoms with Gasteiger partial charge in [0.05, 0.1) is 11.1 Å². The lowest BCUT2D eigenvalue weighted by molar-refractivity contribution is 0.578. The summed E-state index contributed by atoms with van der Waals surface area (Å²) in [6, 6.07) is 16.5. The van der Waals surface area contributed by atoms with Crippen molar-refractivity contribution in [1.82, 2.24) is 9.71 Å². The summed E-state index contributed by atoms with van der Waals surface area (Å²) in [4.78, 5) is 4.40. The summed E-state index contributed by atoms with van der Waals surface area (Å²) in [6.45, 7) is 2.44. The number of nitrogens with one attached hydrogen (secondary N) is 2. The normalized spacial score (nSPS) is 11.4. The first kappa shape index (κ1) is 18.2. The maximum atomic E-state index is 12.3. The molecule has 0 aliphatic heterocycles. The molecule has 1 aromatic heterocycles. The number of aromatic nitrogens is 1. The summed E-state index contributed by atoms with van der Waals surface area (Å²) in [7, 11) is -3.53. The van der Waals surface area contributed by atoms with Crippen molar-refractivity contribution in [3.8, 4) is 11.3 Å². The molecule has 0 saturated heterocycles. The number of hydrogen-bond donors (Lipinski definition) is 2. The number of anilines is 2. The molecule has 2 aromatic carbocycles. The van der Waals surface area contributed by atoms with Gasteiger partial charge in [-0.2, -0.15) is 0 Å². The molecule has 0 spiro atoms. The molecule has 0 atom stereocenters. The van der Waals surface area contributed by atoms with Gasteiger partial charge in [-0.05, 0) is 24.6 Å². The Bertz CT molecular complexity index is 953. The SMILES string of the molecule is CCCCNS(=O)(=O)c1cccc(Nc2ncc(-c3ccccc3)o2)c1. The van der Waals surface area contributed by atoms with Gasteiger partial charge in [0.25, 0.3) is 6.01 Å². The molecule has 136 valence electrons. The van der Waals surface area contributed by atoms with Crippen molar-refractivity contribution in [3.63, 3.8) is 0 Å². The predicted molar refractivity (Wildman–Crippen MR) is 102 cm³/mol. The van der Waals surface area contributed by atoms with Crippen LogP contribution in [0, 0.1) is 0 Å². The number of benzene rings is 2. The molecular formula is C19H21N3O3S. The van der Waals surface area contributed by atoms with Crippen LogP contribution in [0.5, 0.6) is 0 Å². The molecule has 0 radical (unpaired) electrons. The molecule has 0 aliphatic rings. The van der Waals surface area contributed by atoms with Crippen LogP contribution in [-0.2, 0) is 10.0 Å². The number of nitrogens with zero attached hydrogens (tertiary/aromatic N) is 1. The molecule has 0 amide bonds. The van der Waals surface area contributed by atoms with Gasteiger partial charge in [-0.1, -0.05) is 49.7 Å². The third-order valence-electron chi connectivity index (χ3n) is 3.78. The van der Waals surface area contributed by atoms with Gasteiger partial charge in [0, 0.05) is 17.8 Å². The Morgan fingerprint density at radius 1 is 1.08 bits per heavy atom. The Kier molecular flexibility index (Phi) is 5.70. The number of sulfonamides is 1. The van der Waals surface area contributed by atoms with Gasteiger partial charge < -0.3 is 9.73 Å².